The molecule has 0 aromatic carbocycles. The maximum Gasteiger partial charge on any atom is 0.147 e. The Morgan fingerprint density at radius 3 is 2.93 bits per heavy atom. The molecular formula is C8H6BrN5. The second-order valence-corrected chi connectivity index (χ2v) is 3.55. The van der Waals surface area contributed by atoms with E-state index in [9.17, 15) is 0 Å². The van der Waals surface area contributed by atoms with Crippen LogP contribution in [-0.2, 0) is 7.05 Å². The largest absolute Gasteiger partial charge is 0.383 e. The molecule has 14 heavy (non-hydrogen) atoms. The molecule has 0 bridgehead atoms. The van der Waals surface area contributed by atoms with Gasteiger partial charge < -0.3 is 10.3 Å². The number of hydrogen-bond acceptors (Lipinski definition) is 4. The minimum Gasteiger partial charge on any atom is -0.383 e. The van der Waals surface area contributed by atoms with E-state index < -0.39 is 0 Å². The fourth-order valence-electron chi connectivity index (χ4n) is 1.35. The SMILES string of the molecule is Cn1c(Br)c(C#N)c2c(N)ncnc21. The lowest BCUT2D eigenvalue weighted by atomic mass is 10.2. The van der Waals surface area contributed by atoms with Crippen LogP contribution in [0.2, 0.25) is 0 Å². The predicted molar refractivity (Wildman–Crippen MR) is 55.3 cm³/mol. The molecule has 0 saturated carbocycles. The molecule has 2 rings (SSSR count). The Bertz CT molecular complexity index is 551. The summed E-state index contributed by atoms with van der Waals surface area (Å²) < 4.78 is 2.42. The maximum atomic E-state index is 8.95. The van der Waals surface area contributed by atoms with Crippen molar-refractivity contribution in [2.45, 2.75) is 0 Å². The Labute approximate surface area is 88.3 Å². The van der Waals surface area contributed by atoms with Crippen LogP contribution < -0.4 is 5.73 Å². The number of rotatable bonds is 0. The number of nitrogen functional groups attached to an aromatic ring is 1. The van der Waals surface area contributed by atoms with Crippen LogP contribution >= 0.6 is 15.9 Å². The molecule has 0 aliphatic rings. The molecule has 0 fully saturated rings. The summed E-state index contributed by atoms with van der Waals surface area (Å²) in [5, 5.41) is 9.55. The monoisotopic (exact) mass is 251 g/mol. The lowest BCUT2D eigenvalue weighted by molar-refractivity contribution is 0.917. The number of anilines is 1. The third-order valence-electron chi connectivity index (χ3n) is 2.04. The summed E-state index contributed by atoms with van der Waals surface area (Å²) in [5.41, 5.74) is 6.80. The van der Waals surface area contributed by atoms with Crippen LogP contribution in [0.5, 0.6) is 0 Å². The van der Waals surface area contributed by atoms with E-state index in [-0.39, 0.29) is 0 Å². The predicted octanol–water partition coefficient (Wildman–Crippen LogP) is 1.18. The number of aromatic nitrogens is 3. The standard InChI is InChI=1S/C8H6BrN5/c1-14-6(9)4(2-10)5-7(11)12-3-13-8(5)14/h3H,1H3,(H2,11,12,13). The molecule has 2 N–H and O–H groups in total. The molecule has 0 aliphatic heterocycles. The van der Waals surface area contributed by atoms with E-state index in [0.29, 0.717) is 27.0 Å². The van der Waals surface area contributed by atoms with Gasteiger partial charge in [0.2, 0.25) is 0 Å². The maximum absolute atomic E-state index is 8.95. The molecule has 2 aromatic heterocycles. The average Bonchev–Trinajstić information content (AvgIpc) is 2.43. The van der Waals surface area contributed by atoms with Crippen molar-refractivity contribution in [3.05, 3.63) is 16.5 Å². The van der Waals surface area contributed by atoms with Gasteiger partial charge in [0.25, 0.3) is 0 Å². The van der Waals surface area contributed by atoms with Gasteiger partial charge in [-0.2, -0.15) is 5.26 Å². The Kier molecular flexibility index (Phi) is 1.89. The van der Waals surface area contributed by atoms with Crippen molar-refractivity contribution < 1.29 is 0 Å². The first-order valence-corrected chi connectivity index (χ1v) is 4.60. The molecule has 0 spiro atoms. The zero-order valence-electron chi connectivity index (χ0n) is 7.32. The Morgan fingerprint density at radius 2 is 2.29 bits per heavy atom. The van der Waals surface area contributed by atoms with Crippen LogP contribution in [0.3, 0.4) is 0 Å². The van der Waals surface area contributed by atoms with Crippen LogP contribution in [0.1, 0.15) is 5.56 Å². The molecule has 6 heteroatoms. The van der Waals surface area contributed by atoms with Crippen molar-refractivity contribution in [1.82, 2.24) is 14.5 Å². The highest BCUT2D eigenvalue weighted by molar-refractivity contribution is 9.10. The van der Waals surface area contributed by atoms with Gasteiger partial charge in [-0.3, -0.25) is 0 Å². The first-order valence-electron chi connectivity index (χ1n) is 3.81. The zero-order chi connectivity index (χ0) is 10.3. The molecule has 0 atom stereocenters. The van der Waals surface area contributed by atoms with Gasteiger partial charge in [0.1, 0.15) is 28.5 Å². The second-order valence-electron chi connectivity index (χ2n) is 2.79. The lowest BCUT2D eigenvalue weighted by Gasteiger charge is -1.95. The van der Waals surface area contributed by atoms with Gasteiger partial charge in [0.05, 0.1) is 10.9 Å². The van der Waals surface area contributed by atoms with Gasteiger partial charge in [0.15, 0.2) is 0 Å². The summed E-state index contributed by atoms with van der Waals surface area (Å²) in [6.07, 6.45) is 1.38. The molecule has 0 aliphatic carbocycles. The zero-order valence-corrected chi connectivity index (χ0v) is 8.91. The highest BCUT2D eigenvalue weighted by Crippen LogP contribution is 2.29. The van der Waals surface area contributed by atoms with Crippen LogP contribution in [0, 0.1) is 11.3 Å². The molecule has 2 aromatic rings. The lowest BCUT2D eigenvalue weighted by Crippen LogP contribution is -1.94. The number of nitriles is 1. The van der Waals surface area contributed by atoms with Crippen molar-refractivity contribution in [1.29, 1.82) is 5.26 Å². The minimum atomic E-state index is 0.327. The smallest absolute Gasteiger partial charge is 0.147 e. The number of halogens is 1. The molecule has 0 unspecified atom stereocenters. The average molecular weight is 252 g/mol. The number of nitrogens with zero attached hydrogens (tertiary/aromatic N) is 4. The number of fused-ring (bicyclic) bond motifs is 1. The molecule has 0 radical (unpaired) electrons. The first kappa shape index (κ1) is 8.97. The van der Waals surface area contributed by atoms with Gasteiger partial charge in [0, 0.05) is 7.05 Å². The quantitative estimate of drug-likeness (QED) is 0.763. The summed E-state index contributed by atoms with van der Waals surface area (Å²) in [5.74, 6) is 0.327. The summed E-state index contributed by atoms with van der Waals surface area (Å²) in [7, 11) is 1.81. The van der Waals surface area contributed by atoms with E-state index in [4.69, 9.17) is 11.0 Å². The summed E-state index contributed by atoms with van der Waals surface area (Å²) in [6.45, 7) is 0. The van der Waals surface area contributed by atoms with E-state index >= 15 is 0 Å². The normalized spacial score (nSPS) is 10.4. The van der Waals surface area contributed by atoms with Crippen molar-refractivity contribution in [3.8, 4) is 6.07 Å². The van der Waals surface area contributed by atoms with Crippen molar-refractivity contribution in [3.63, 3.8) is 0 Å². The number of nitrogens with two attached hydrogens (primary N) is 1. The topological polar surface area (TPSA) is 80.5 Å². The number of hydrogen-bond donors (Lipinski definition) is 1. The molecule has 70 valence electrons. The van der Waals surface area contributed by atoms with Gasteiger partial charge in [-0.1, -0.05) is 0 Å². The molecule has 0 saturated heterocycles. The fourth-order valence-corrected chi connectivity index (χ4v) is 1.80. The minimum absolute atomic E-state index is 0.327. The third-order valence-corrected chi connectivity index (χ3v) is 2.97. The van der Waals surface area contributed by atoms with Gasteiger partial charge in [-0.15, -0.1) is 0 Å². The van der Waals surface area contributed by atoms with Crippen molar-refractivity contribution in [2.75, 3.05) is 5.73 Å². The molecular weight excluding hydrogens is 246 g/mol. The van der Waals surface area contributed by atoms with E-state index in [1.807, 2.05) is 0 Å². The van der Waals surface area contributed by atoms with Crippen LogP contribution in [0.25, 0.3) is 11.0 Å². The van der Waals surface area contributed by atoms with Crippen molar-refractivity contribution >= 4 is 32.8 Å². The fraction of sp³-hybridized carbons (Fsp3) is 0.125. The van der Waals surface area contributed by atoms with Crippen LogP contribution in [0.15, 0.2) is 10.9 Å². The second kappa shape index (κ2) is 2.96. The molecule has 0 amide bonds. The van der Waals surface area contributed by atoms with Crippen molar-refractivity contribution in [2.24, 2.45) is 7.05 Å². The highest BCUT2D eigenvalue weighted by Gasteiger charge is 2.16. The third kappa shape index (κ3) is 0.992. The number of aryl methyl sites for hydroxylation is 1. The Morgan fingerprint density at radius 1 is 1.57 bits per heavy atom. The summed E-state index contributed by atoms with van der Waals surface area (Å²) in [6, 6.07) is 2.07. The molecule has 5 nitrogen and oxygen atoms in total. The van der Waals surface area contributed by atoms with E-state index in [1.54, 1.807) is 11.6 Å². The van der Waals surface area contributed by atoms with E-state index in [2.05, 4.69) is 32.0 Å². The van der Waals surface area contributed by atoms with Gasteiger partial charge in [-0.25, -0.2) is 9.97 Å². The highest BCUT2D eigenvalue weighted by atomic mass is 79.9. The Balaban J connectivity index is 3.06. The van der Waals surface area contributed by atoms with Gasteiger partial charge >= 0.3 is 0 Å². The van der Waals surface area contributed by atoms with E-state index in [1.165, 1.54) is 6.33 Å². The van der Waals surface area contributed by atoms with Crippen LogP contribution in [0.4, 0.5) is 5.82 Å². The Hall–Kier alpha value is -1.61. The first-order chi connectivity index (χ1) is 6.66. The van der Waals surface area contributed by atoms with Gasteiger partial charge in [-0.05, 0) is 15.9 Å². The van der Waals surface area contributed by atoms with Crippen LogP contribution in [-0.4, -0.2) is 14.5 Å². The summed E-state index contributed by atoms with van der Waals surface area (Å²) >= 11 is 3.30. The molecule has 2 heterocycles. The summed E-state index contributed by atoms with van der Waals surface area (Å²) in [4.78, 5) is 7.91. The van der Waals surface area contributed by atoms with E-state index in [0.717, 1.165) is 0 Å².